The maximum Gasteiger partial charge on any atom is 0.306 e. The van der Waals surface area contributed by atoms with Crippen LogP contribution in [0.1, 0.15) is 220 Å². The molecular weight excluding hydrogens is 892 g/mol. The Morgan fingerprint density at radius 1 is 0.514 bits per heavy atom. The predicted molar refractivity (Wildman–Crippen MR) is 297 cm³/mol. The van der Waals surface area contributed by atoms with Gasteiger partial charge >= 0.3 is 5.97 Å². The molecule has 0 aromatic rings. The molecule has 0 heterocycles. The Bertz CT molecular complexity index is 1520. The van der Waals surface area contributed by atoms with E-state index in [1.165, 1.54) is 89.9 Å². The van der Waals surface area contributed by atoms with Gasteiger partial charge < -0.3 is 28.5 Å². The zero-order valence-electron chi connectivity index (χ0n) is 45.7. The molecule has 0 radical (unpaired) electrons. The molecule has 0 aliphatic heterocycles. The molecule has 1 N–H and O–H groups in total. The van der Waals surface area contributed by atoms with Gasteiger partial charge in [-0.15, -0.1) is 0 Å². The van der Waals surface area contributed by atoms with Gasteiger partial charge in [-0.1, -0.05) is 208 Å². The van der Waals surface area contributed by atoms with E-state index in [0.29, 0.717) is 23.9 Å². The Hall–Kier alpha value is -3.07. The predicted octanol–water partition coefficient (Wildman–Crippen LogP) is 16.2. The molecule has 0 rings (SSSR count). The van der Waals surface area contributed by atoms with Crippen molar-refractivity contribution in [3.05, 3.63) is 97.2 Å². The number of carbonyl (C=O) groups is 2. The Balaban J connectivity index is 5.51. The number of ether oxygens (including phenoxy) is 1. The average Bonchev–Trinajstić information content (AvgIpc) is 3.32. The fraction of sp³-hybridized carbons (Fsp3) is 0.700. The first kappa shape index (κ1) is 66.9. The number of phosphoric ester groups is 1. The highest BCUT2D eigenvalue weighted by Gasteiger charge is 2.27. The quantitative estimate of drug-likeness (QED) is 0.0212. The van der Waals surface area contributed by atoms with Crippen LogP contribution in [0.15, 0.2) is 97.2 Å². The van der Waals surface area contributed by atoms with Crippen LogP contribution < -0.4 is 10.2 Å². The van der Waals surface area contributed by atoms with E-state index in [4.69, 9.17) is 13.8 Å². The second-order valence-corrected chi connectivity index (χ2v) is 21.1. The first-order valence-corrected chi connectivity index (χ1v) is 29.5. The fourth-order valence-corrected chi connectivity index (χ4v) is 8.15. The van der Waals surface area contributed by atoms with Crippen molar-refractivity contribution in [1.29, 1.82) is 0 Å². The van der Waals surface area contributed by atoms with Gasteiger partial charge in [0.05, 0.1) is 33.8 Å². The summed E-state index contributed by atoms with van der Waals surface area (Å²) in [6.07, 6.45) is 65.3. The highest BCUT2D eigenvalue weighted by Crippen LogP contribution is 2.38. The number of amides is 1. The van der Waals surface area contributed by atoms with Crippen LogP contribution in [0.4, 0.5) is 0 Å². The van der Waals surface area contributed by atoms with Crippen molar-refractivity contribution in [2.75, 3.05) is 40.9 Å². The first-order valence-electron chi connectivity index (χ1n) is 28.0. The van der Waals surface area contributed by atoms with Gasteiger partial charge in [0.25, 0.3) is 7.82 Å². The minimum Gasteiger partial charge on any atom is -0.756 e. The SMILES string of the molecule is CC/C=C\C/C=C\C/C=C\C/C=C\C/C=C\C/C=C\CCC(=O)OC(/C=C\CCCCCCCCCCCC)C(COP(=O)([O-])OCC[N+](C)(C)C)NC(=O)CCCCC/C=C\CCCCCCCC. The summed E-state index contributed by atoms with van der Waals surface area (Å²) in [6, 6.07) is -0.930. The number of quaternary nitrogens is 1. The molecule has 3 unspecified atom stereocenters. The second-order valence-electron chi connectivity index (χ2n) is 19.7. The number of unbranched alkanes of at least 4 members (excludes halogenated alkanes) is 19. The summed E-state index contributed by atoms with van der Waals surface area (Å²) in [7, 11) is 1.12. The van der Waals surface area contributed by atoms with Crippen molar-refractivity contribution < 1.29 is 37.3 Å². The molecule has 0 aromatic heterocycles. The molecule has 0 bridgehead atoms. The summed E-state index contributed by atoms with van der Waals surface area (Å²) in [6.45, 7) is 6.63. The molecule has 0 saturated heterocycles. The molecule has 0 saturated carbocycles. The third-order valence-corrected chi connectivity index (χ3v) is 12.7. The number of rotatable bonds is 49. The van der Waals surface area contributed by atoms with E-state index in [-0.39, 0.29) is 25.4 Å². The lowest BCUT2D eigenvalue weighted by atomic mass is 10.1. The third kappa shape index (κ3) is 49.9. The minimum atomic E-state index is -4.72. The lowest BCUT2D eigenvalue weighted by molar-refractivity contribution is -0.870. The molecule has 10 heteroatoms. The topological polar surface area (TPSA) is 114 Å². The van der Waals surface area contributed by atoms with E-state index < -0.39 is 32.5 Å². The Morgan fingerprint density at radius 2 is 0.929 bits per heavy atom. The van der Waals surface area contributed by atoms with Crippen molar-refractivity contribution in [2.24, 2.45) is 0 Å². The van der Waals surface area contributed by atoms with Crippen molar-refractivity contribution in [3.8, 4) is 0 Å². The van der Waals surface area contributed by atoms with Crippen LogP contribution in [0.25, 0.3) is 0 Å². The number of carbonyl (C=O) groups excluding carboxylic acids is 2. The largest absolute Gasteiger partial charge is 0.756 e. The van der Waals surface area contributed by atoms with Crippen molar-refractivity contribution >= 4 is 19.7 Å². The Labute approximate surface area is 430 Å². The summed E-state index contributed by atoms with van der Waals surface area (Å²) in [4.78, 5) is 39.7. The van der Waals surface area contributed by atoms with Gasteiger partial charge in [-0.25, -0.2) is 0 Å². The van der Waals surface area contributed by atoms with E-state index >= 15 is 0 Å². The molecule has 0 aromatic carbocycles. The highest BCUT2D eigenvalue weighted by atomic mass is 31.2. The number of likely N-dealkylation sites (N-methyl/N-ethyl adjacent to an activating group) is 1. The van der Waals surface area contributed by atoms with Crippen LogP contribution >= 0.6 is 7.82 Å². The zero-order chi connectivity index (χ0) is 51.5. The van der Waals surface area contributed by atoms with E-state index in [0.717, 1.165) is 83.5 Å². The summed E-state index contributed by atoms with van der Waals surface area (Å²) >= 11 is 0. The maximum absolute atomic E-state index is 13.4. The van der Waals surface area contributed by atoms with Crippen LogP contribution in [0.3, 0.4) is 0 Å². The number of hydrogen-bond acceptors (Lipinski definition) is 7. The van der Waals surface area contributed by atoms with E-state index in [9.17, 15) is 19.0 Å². The third-order valence-electron chi connectivity index (χ3n) is 11.8. The number of allylic oxidation sites excluding steroid dienone is 15. The van der Waals surface area contributed by atoms with Crippen LogP contribution in [0.2, 0.25) is 0 Å². The summed E-state index contributed by atoms with van der Waals surface area (Å²) < 4.78 is 30.1. The number of esters is 1. The molecule has 9 nitrogen and oxygen atoms in total. The number of nitrogens with one attached hydrogen (secondary N) is 1. The molecule has 402 valence electrons. The number of nitrogens with zero attached hydrogens (tertiary/aromatic N) is 1. The van der Waals surface area contributed by atoms with Crippen molar-refractivity contribution in [2.45, 2.75) is 232 Å². The van der Waals surface area contributed by atoms with Gasteiger partial charge in [0.15, 0.2) is 0 Å². The average molecular weight is 997 g/mol. The van der Waals surface area contributed by atoms with Crippen molar-refractivity contribution in [1.82, 2.24) is 5.32 Å². The monoisotopic (exact) mass is 997 g/mol. The van der Waals surface area contributed by atoms with Gasteiger partial charge in [0.2, 0.25) is 5.91 Å². The smallest absolute Gasteiger partial charge is 0.306 e. The highest BCUT2D eigenvalue weighted by molar-refractivity contribution is 7.45. The maximum atomic E-state index is 13.4. The normalized spacial score (nSPS) is 14.6. The molecular formula is C60H105N2O7P. The van der Waals surface area contributed by atoms with Crippen LogP contribution in [-0.2, 0) is 27.9 Å². The number of hydrogen-bond donors (Lipinski definition) is 1. The Morgan fingerprint density at radius 3 is 1.40 bits per heavy atom. The molecule has 0 fully saturated rings. The minimum absolute atomic E-state index is 0.0404. The number of phosphoric acid groups is 1. The van der Waals surface area contributed by atoms with E-state index in [1.54, 1.807) is 6.08 Å². The molecule has 0 spiro atoms. The second kappa shape index (κ2) is 49.5. The van der Waals surface area contributed by atoms with Gasteiger partial charge in [0, 0.05) is 12.8 Å². The van der Waals surface area contributed by atoms with E-state index in [1.807, 2.05) is 39.4 Å². The molecule has 0 aliphatic carbocycles. The standard InChI is InChI=1S/C60H105N2O7P/c1-7-10-13-16-19-22-25-28-29-30-31-32-33-35-38-41-44-47-50-53-60(64)69-58(51-48-45-42-39-36-27-24-21-18-15-12-9-3)57(56-68-70(65,66)67-55-54-62(4,5)6)61-59(63)52-49-46-43-40-37-34-26-23-20-17-14-11-8-2/h10,13,19,22,28-29,31-32,34-35,37-38,44,47-48,51,57-58H,7-9,11-12,14-18,20-21,23-27,30,33,36,39-43,45-46,49-50,52-56H2,1-6H3,(H-,61,63,65,66)/b13-10-,22-19-,29-28-,32-31-,37-34-,38-35-,47-44-,51-48-. The van der Waals surface area contributed by atoms with Crippen LogP contribution in [0, 0.1) is 0 Å². The molecule has 0 aliphatic rings. The zero-order valence-corrected chi connectivity index (χ0v) is 46.6. The van der Waals surface area contributed by atoms with Gasteiger partial charge in [-0.2, -0.15) is 0 Å². The summed E-state index contributed by atoms with van der Waals surface area (Å²) in [5.74, 6) is -0.664. The van der Waals surface area contributed by atoms with E-state index in [2.05, 4.69) is 99.0 Å². The van der Waals surface area contributed by atoms with Gasteiger partial charge in [-0.3, -0.25) is 14.2 Å². The van der Waals surface area contributed by atoms with Gasteiger partial charge in [-0.05, 0) is 96.0 Å². The molecule has 1 amide bonds. The molecule has 70 heavy (non-hydrogen) atoms. The first-order chi connectivity index (χ1) is 33.9. The summed E-state index contributed by atoms with van der Waals surface area (Å²) in [5.41, 5.74) is 0. The van der Waals surface area contributed by atoms with Crippen LogP contribution in [0.5, 0.6) is 0 Å². The fourth-order valence-electron chi connectivity index (χ4n) is 7.42. The lowest BCUT2D eigenvalue weighted by Gasteiger charge is -2.30. The molecule has 3 atom stereocenters. The van der Waals surface area contributed by atoms with Gasteiger partial charge in [0.1, 0.15) is 19.3 Å². The Kier molecular flexibility index (Phi) is 47.3. The lowest BCUT2D eigenvalue weighted by Crippen LogP contribution is -2.47. The van der Waals surface area contributed by atoms with Crippen LogP contribution in [-0.4, -0.2) is 69.4 Å². The summed E-state index contributed by atoms with van der Waals surface area (Å²) in [5, 5.41) is 2.98. The van der Waals surface area contributed by atoms with Crippen molar-refractivity contribution in [3.63, 3.8) is 0 Å².